The Bertz CT molecular complexity index is 504. The van der Waals surface area contributed by atoms with Crippen molar-refractivity contribution in [1.82, 2.24) is 9.55 Å². The fourth-order valence-electron chi connectivity index (χ4n) is 2.49. The second-order valence-corrected chi connectivity index (χ2v) is 4.64. The van der Waals surface area contributed by atoms with E-state index in [2.05, 4.69) is 21.9 Å². The minimum absolute atomic E-state index is 0.274. The van der Waals surface area contributed by atoms with Gasteiger partial charge in [-0.05, 0) is 37.0 Å². The first-order valence-electron chi connectivity index (χ1n) is 6.09. The molecule has 3 heteroatoms. The number of aliphatic hydroxyl groups excluding tert-OH is 1. The van der Waals surface area contributed by atoms with Gasteiger partial charge in [-0.2, -0.15) is 0 Å². The molecule has 1 N–H and O–H groups in total. The van der Waals surface area contributed by atoms with Crippen molar-refractivity contribution in [1.29, 1.82) is 0 Å². The Morgan fingerprint density at radius 3 is 3.06 bits per heavy atom. The number of hydrogen-bond acceptors (Lipinski definition) is 2. The van der Waals surface area contributed by atoms with Crippen molar-refractivity contribution in [3.63, 3.8) is 0 Å². The van der Waals surface area contributed by atoms with Crippen LogP contribution in [0.3, 0.4) is 0 Å². The highest BCUT2D eigenvalue weighted by Crippen LogP contribution is 2.30. The third kappa shape index (κ3) is 2.11. The van der Waals surface area contributed by atoms with Crippen LogP contribution < -0.4 is 0 Å². The zero-order valence-electron chi connectivity index (χ0n) is 9.71. The Hall–Kier alpha value is -1.61. The summed E-state index contributed by atoms with van der Waals surface area (Å²) in [6.45, 7) is 0.778. The Morgan fingerprint density at radius 2 is 2.29 bits per heavy atom. The molecule has 0 saturated heterocycles. The van der Waals surface area contributed by atoms with Gasteiger partial charge in [0.1, 0.15) is 0 Å². The lowest BCUT2D eigenvalue weighted by Gasteiger charge is -2.16. The van der Waals surface area contributed by atoms with E-state index in [-0.39, 0.29) is 6.10 Å². The largest absolute Gasteiger partial charge is 0.388 e. The summed E-state index contributed by atoms with van der Waals surface area (Å²) in [4.78, 5) is 4.32. The molecule has 0 aliphatic heterocycles. The summed E-state index contributed by atoms with van der Waals surface area (Å²) in [6, 6.07) is 5.95. The average molecular weight is 228 g/mol. The van der Waals surface area contributed by atoms with Crippen molar-refractivity contribution >= 4 is 0 Å². The van der Waals surface area contributed by atoms with E-state index in [1.165, 1.54) is 5.56 Å². The quantitative estimate of drug-likeness (QED) is 0.856. The summed E-state index contributed by atoms with van der Waals surface area (Å²) in [5.41, 5.74) is 3.45. The Labute approximate surface area is 101 Å². The lowest BCUT2D eigenvalue weighted by molar-refractivity contribution is 0.157. The van der Waals surface area contributed by atoms with E-state index in [9.17, 15) is 5.11 Å². The van der Waals surface area contributed by atoms with Crippen LogP contribution in [-0.4, -0.2) is 14.7 Å². The third-order valence-electron chi connectivity index (χ3n) is 3.35. The van der Waals surface area contributed by atoms with Gasteiger partial charge in [0, 0.05) is 24.2 Å². The smallest absolute Gasteiger partial charge is 0.0807 e. The van der Waals surface area contributed by atoms with Gasteiger partial charge in [-0.15, -0.1) is 0 Å². The molecular weight excluding hydrogens is 212 g/mol. The number of aromatic nitrogens is 2. The van der Waals surface area contributed by atoms with Crippen LogP contribution in [0.15, 0.2) is 36.8 Å². The number of nitrogens with zero attached hydrogens (tertiary/aromatic N) is 2. The van der Waals surface area contributed by atoms with Gasteiger partial charge >= 0.3 is 0 Å². The third-order valence-corrected chi connectivity index (χ3v) is 3.35. The van der Waals surface area contributed by atoms with E-state index in [0.29, 0.717) is 0 Å². The van der Waals surface area contributed by atoms with Gasteiger partial charge in [-0.25, -0.2) is 0 Å². The van der Waals surface area contributed by atoms with E-state index in [1.54, 1.807) is 0 Å². The molecule has 2 aromatic rings. The fourth-order valence-corrected chi connectivity index (χ4v) is 2.49. The summed E-state index contributed by atoms with van der Waals surface area (Å²) in [6.07, 6.45) is 8.81. The summed E-state index contributed by atoms with van der Waals surface area (Å²) < 4.78 is 2.13. The van der Waals surface area contributed by atoms with Gasteiger partial charge in [0.2, 0.25) is 0 Å². The molecule has 2 heterocycles. The molecule has 0 fully saturated rings. The van der Waals surface area contributed by atoms with Gasteiger partial charge in [0.05, 0.1) is 18.3 Å². The maximum Gasteiger partial charge on any atom is 0.0807 e. The van der Waals surface area contributed by atoms with Crippen molar-refractivity contribution in [2.45, 2.75) is 31.9 Å². The van der Waals surface area contributed by atoms with Crippen LogP contribution in [0, 0.1) is 0 Å². The van der Waals surface area contributed by atoms with Crippen LogP contribution in [0.2, 0.25) is 0 Å². The standard InChI is InChI=1S/C14H16N2O/c17-14-6-3-4-11-8-16(10-13(11)14)9-12-5-1-2-7-15-12/h1-2,5,7-8,10,14,17H,3-4,6,9H2. The summed E-state index contributed by atoms with van der Waals surface area (Å²) in [5.74, 6) is 0. The highest BCUT2D eigenvalue weighted by molar-refractivity contribution is 5.29. The van der Waals surface area contributed by atoms with Gasteiger partial charge in [-0.1, -0.05) is 6.07 Å². The maximum atomic E-state index is 9.91. The van der Waals surface area contributed by atoms with Crippen molar-refractivity contribution < 1.29 is 5.11 Å². The summed E-state index contributed by atoms with van der Waals surface area (Å²) >= 11 is 0. The number of rotatable bonds is 2. The number of pyridine rings is 1. The zero-order valence-corrected chi connectivity index (χ0v) is 9.71. The average Bonchev–Trinajstić information content (AvgIpc) is 2.74. The van der Waals surface area contributed by atoms with Crippen LogP contribution in [0.1, 0.15) is 35.8 Å². The molecule has 1 unspecified atom stereocenters. The van der Waals surface area contributed by atoms with E-state index in [1.807, 2.05) is 24.4 Å². The van der Waals surface area contributed by atoms with Crippen LogP contribution in [0.25, 0.3) is 0 Å². The van der Waals surface area contributed by atoms with Gasteiger partial charge < -0.3 is 9.67 Å². The summed E-state index contributed by atoms with van der Waals surface area (Å²) in [5, 5.41) is 9.91. The molecule has 0 aromatic carbocycles. The molecule has 0 bridgehead atoms. The van der Waals surface area contributed by atoms with E-state index in [0.717, 1.165) is 37.1 Å². The summed E-state index contributed by atoms with van der Waals surface area (Å²) in [7, 11) is 0. The Kier molecular flexibility index (Phi) is 2.69. The second kappa shape index (κ2) is 4.34. The van der Waals surface area contributed by atoms with Crippen molar-refractivity contribution in [2.24, 2.45) is 0 Å². The molecular formula is C14H16N2O. The number of aliphatic hydroxyl groups is 1. The topological polar surface area (TPSA) is 38.0 Å². The highest BCUT2D eigenvalue weighted by atomic mass is 16.3. The number of aryl methyl sites for hydroxylation is 1. The van der Waals surface area contributed by atoms with Crippen LogP contribution >= 0.6 is 0 Å². The molecule has 1 atom stereocenters. The van der Waals surface area contributed by atoms with Crippen molar-refractivity contribution in [3.05, 3.63) is 53.6 Å². The Morgan fingerprint density at radius 1 is 1.35 bits per heavy atom. The molecule has 3 nitrogen and oxygen atoms in total. The monoisotopic (exact) mass is 228 g/mol. The van der Waals surface area contributed by atoms with Crippen LogP contribution in [-0.2, 0) is 13.0 Å². The van der Waals surface area contributed by atoms with Gasteiger partial charge in [-0.3, -0.25) is 4.98 Å². The minimum atomic E-state index is -0.274. The van der Waals surface area contributed by atoms with E-state index >= 15 is 0 Å². The minimum Gasteiger partial charge on any atom is -0.388 e. The molecule has 88 valence electrons. The molecule has 0 radical (unpaired) electrons. The van der Waals surface area contributed by atoms with Crippen LogP contribution in [0.5, 0.6) is 0 Å². The van der Waals surface area contributed by atoms with Crippen LogP contribution in [0.4, 0.5) is 0 Å². The normalized spacial score (nSPS) is 19.0. The first kappa shape index (κ1) is 10.5. The molecule has 1 aliphatic rings. The first-order chi connectivity index (χ1) is 8.33. The van der Waals surface area contributed by atoms with E-state index in [4.69, 9.17) is 0 Å². The molecule has 0 amide bonds. The predicted octanol–water partition coefficient (Wildman–Crippen LogP) is 2.30. The van der Waals surface area contributed by atoms with Crippen molar-refractivity contribution in [2.75, 3.05) is 0 Å². The first-order valence-corrected chi connectivity index (χ1v) is 6.09. The second-order valence-electron chi connectivity index (χ2n) is 4.64. The Balaban J connectivity index is 1.85. The molecule has 3 rings (SSSR count). The fraction of sp³-hybridized carbons (Fsp3) is 0.357. The van der Waals surface area contributed by atoms with Gasteiger partial charge in [0.25, 0.3) is 0 Å². The van der Waals surface area contributed by atoms with Crippen molar-refractivity contribution in [3.8, 4) is 0 Å². The number of fused-ring (bicyclic) bond motifs is 1. The molecule has 0 spiro atoms. The zero-order chi connectivity index (χ0) is 11.7. The van der Waals surface area contributed by atoms with Gasteiger partial charge in [0.15, 0.2) is 0 Å². The molecule has 2 aromatic heterocycles. The maximum absolute atomic E-state index is 9.91. The lowest BCUT2D eigenvalue weighted by Crippen LogP contribution is -2.05. The highest BCUT2D eigenvalue weighted by Gasteiger charge is 2.19. The SMILES string of the molecule is OC1CCCc2cn(Cc3ccccn3)cc21. The number of hydrogen-bond donors (Lipinski definition) is 1. The molecule has 17 heavy (non-hydrogen) atoms. The molecule has 1 aliphatic carbocycles. The lowest BCUT2D eigenvalue weighted by atomic mass is 9.93. The van der Waals surface area contributed by atoms with E-state index < -0.39 is 0 Å². The molecule has 0 saturated carbocycles. The predicted molar refractivity (Wildman–Crippen MR) is 65.7 cm³/mol.